The van der Waals surface area contributed by atoms with Crippen LogP contribution in [0.25, 0.3) is 0 Å². The first-order valence-corrected chi connectivity index (χ1v) is 7.21. The predicted molar refractivity (Wildman–Crippen MR) is 82.4 cm³/mol. The van der Waals surface area contributed by atoms with E-state index in [0.717, 1.165) is 22.2 Å². The summed E-state index contributed by atoms with van der Waals surface area (Å²) >= 11 is 3.57. The molecule has 0 aliphatic rings. The lowest BCUT2D eigenvalue weighted by molar-refractivity contribution is 0.340. The van der Waals surface area contributed by atoms with Gasteiger partial charge in [0.25, 0.3) is 0 Å². The zero-order valence-electron chi connectivity index (χ0n) is 11.0. The Bertz CT molecular complexity index is 528. The van der Waals surface area contributed by atoms with Crippen molar-refractivity contribution in [1.29, 1.82) is 0 Å². The average molecular weight is 320 g/mol. The molecule has 1 unspecified atom stereocenters. The van der Waals surface area contributed by atoms with Crippen LogP contribution in [-0.2, 0) is 6.42 Å². The van der Waals surface area contributed by atoms with Gasteiger partial charge in [-0.2, -0.15) is 0 Å². The maximum absolute atomic E-state index is 6.28. The van der Waals surface area contributed by atoms with Crippen LogP contribution in [0.2, 0.25) is 0 Å². The van der Waals surface area contributed by atoms with E-state index in [-0.39, 0.29) is 6.04 Å². The summed E-state index contributed by atoms with van der Waals surface area (Å²) in [7, 11) is 0. The van der Waals surface area contributed by atoms with Gasteiger partial charge in [-0.25, -0.2) is 0 Å². The monoisotopic (exact) mass is 319 g/mol. The third kappa shape index (κ3) is 3.82. The Hall–Kier alpha value is -1.32. The van der Waals surface area contributed by atoms with E-state index in [2.05, 4.69) is 28.1 Å². The summed E-state index contributed by atoms with van der Waals surface area (Å²) in [4.78, 5) is 0. The van der Waals surface area contributed by atoms with E-state index in [0.29, 0.717) is 6.61 Å². The molecule has 0 saturated heterocycles. The van der Waals surface area contributed by atoms with Crippen LogP contribution >= 0.6 is 15.9 Å². The normalized spacial score (nSPS) is 12.2. The summed E-state index contributed by atoms with van der Waals surface area (Å²) in [6.45, 7) is 2.64. The molecule has 0 spiro atoms. The fraction of sp³-hybridized carbons (Fsp3) is 0.250. The largest absolute Gasteiger partial charge is 0.494 e. The molecule has 0 aliphatic carbocycles. The summed E-state index contributed by atoms with van der Waals surface area (Å²) in [5.41, 5.74) is 8.63. The predicted octanol–water partition coefficient (Wildman–Crippen LogP) is 4.09. The Morgan fingerprint density at radius 3 is 2.53 bits per heavy atom. The van der Waals surface area contributed by atoms with Crippen LogP contribution in [0.4, 0.5) is 0 Å². The summed E-state index contributed by atoms with van der Waals surface area (Å²) in [6, 6.07) is 16.2. The van der Waals surface area contributed by atoms with Gasteiger partial charge in [-0.3, -0.25) is 0 Å². The first-order valence-electron chi connectivity index (χ1n) is 6.42. The molecule has 0 aromatic heterocycles. The van der Waals surface area contributed by atoms with Gasteiger partial charge in [-0.05, 0) is 36.6 Å². The number of ether oxygens (including phenoxy) is 1. The van der Waals surface area contributed by atoms with Crippen LogP contribution < -0.4 is 10.5 Å². The minimum Gasteiger partial charge on any atom is -0.494 e. The zero-order valence-corrected chi connectivity index (χ0v) is 12.6. The van der Waals surface area contributed by atoms with E-state index in [1.807, 2.05) is 43.3 Å². The molecular weight excluding hydrogens is 302 g/mol. The molecule has 0 aliphatic heterocycles. The van der Waals surface area contributed by atoms with Gasteiger partial charge in [0.05, 0.1) is 6.61 Å². The van der Waals surface area contributed by atoms with E-state index in [1.54, 1.807) is 0 Å². The standard InChI is InChI=1S/C16H18BrNO/c1-2-19-13-8-9-14(15(17)11-13)16(18)10-12-6-4-3-5-7-12/h3-9,11,16H,2,10,18H2,1H3. The maximum atomic E-state index is 6.28. The molecule has 0 radical (unpaired) electrons. The van der Waals surface area contributed by atoms with Crippen LogP contribution in [0.15, 0.2) is 53.0 Å². The number of hydrogen-bond acceptors (Lipinski definition) is 2. The molecule has 3 heteroatoms. The van der Waals surface area contributed by atoms with Gasteiger partial charge in [0.2, 0.25) is 0 Å². The molecular formula is C16H18BrNO. The molecule has 100 valence electrons. The van der Waals surface area contributed by atoms with Crippen molar-refractivity contribution in [2.75, 3.05) is 6.61 Å². The van der Waals surface area contributed by atoms with Crippen LogP contribution in [0.1, 0.15) is 24.1 Å². The highest BCUT2D eigenvalue weighted by atomic mass is 79.9. The van der Waals surface area contributed by atoms with Gasteiger partial charge in [-0.15, -0.1) is 0 Å². The van der Waals surface area contributed by atoms with E-state index >= 15 is 0 Å². The van der Waals surface area contributed by atoms with Crippen molar-refractivity contribution in [3.8, 4) is 5.75 Å². The van der Waals surface area contributed by atoms with Gasteiger partial charge >= 0.3 is 0 Å². The molecule has 2 aromatic carbocycles. The molecule has 0 bridgehead atoms. The second-order valence-corrected chi connectivity index (χ2v) is 5.27. The van der Waals surface area contributed by atoms with Gasteiger partial charge in [0.15, 0.2) is 0 Å². The Morgan fingerprint density at radius 2 is 1.89 bits per heavy atom. The third-order valence-corrected chi connectivity index (χ3v) is 3.67. The minimum atomic E-state index is -0.0209. The van der Waals surface area contributed by atoms with E-state index in [1.165, 1.54) is 5.56 Å². The molecule has 0 amide bonds. The summed E-state index contributed by atoms with van der Waals surface area (Å²) < 4.78 is 6.47. The zero-order chi connectivity index (χ0) is 13.7. The van der Waals surface area contributed by atoms with Crippen molar-refractivity contribution in [3.05, 3.63) is 64.1 Å². The molecule has 2 rings (SSSR count). The molecule has 0 heterocycles. The van der Waals surface area contributed by atoms with Crippen molar-refractivity contribution >= 4 is 15.9 Å². The number of hydrogen-bond donors (Lipinski definition) is 1. The highest BCUT2D eigenvalue weighted by Gasteiger charge is 2.11. The Morgan fingerprint density at radius 1 is 1.16 bits per heavy atom. The number of rotatable bonds is 5. The summed E-state index contributed by atoms with van der Waals surface area (Å²) in [5, 5.41) is 0. The molecule has 0 saturated carbocycles. The van der Waals surface area contributed by atoms with Crippen LogP contribution in [-0.4, -0.2) is 6.61 Å². The Labute approximate surface area is 122 Å². The molecule has 2 nitrogen and oxygen atoms in total. The quantitative estimate of drug-likeness (QED) is 0.900. The Kier molecular flexibility index (Phi) is 5.00. The van der Waals surface area contributed by atoms with Gasteiger partial charge < -0.3 is 10.5 Å². The van der Waals surface area contributed by atoms with E-state index in [4.69, 9.17) is 10.5 Å². The number of nitrogens with two attached hydrogens (primary N) is 1. The fourth-order valence-electron chi connectivity index (χ4n) is 2.04. The van der Waals surface area contributed by atoms with Crippen molar-refractivity contribution in [2.45, 2.75) is 19.4 Å². The molecule has 0 fully saturated rings. The number of benzene rings is 2. The molecule has 2 N–H and O–H groups in total. The van der Waals surface area contributed by atoms with E-state index < -0.39 is 0 Å². The van der Waals surface area contributed by atoms with Crippen LogP contribution in [0.3, 0.4) is 0 Å². The number of halogens is 1. The maximum Gasteiger partial charge on any atom is 0.120 e. The Balaban J connectivity index is 2.13. The van der Waals surface area contributed by atoms with Crippen LogP contribution in [0.5, 0.6) is 5.75 Å². The second kappa shape index (κ2) is 6.73. The molecule has 2 aromatic rings. The lowest BCUT2D eigenvalue weighted by Crippen LogP contribution is -2.14. The minimum absolute atomic E-state index is 0.0209. The first kappa shape index (κ1) is 14.1. The van der Waals surface area contributed by atoms with Crippen molar-refractivity contribution in [2.24, 2.45) is 5.73 Å². The molecule has 1 atom stereocenters. The van der Waals surface area contributed by atoms with Crippen LogP contribution in [0, 0.1) is 0 Å². The van der Waals surface area contributed by atoms with Crippen molar-refractivity contribution < 1.29 is 4.74 Å². The molecule has 19 heavy (non-hydrogen) atoms. The van der Waals surface area contributed by atoms with Gasteiger partial charge in [-0.1, -0.05) is 52.3 Å². The van der Waals surface area contributed by atoms with E-state index in [9.17, 15) is 0 Å². The summed E-state index contributed by atoms with van der Waals surface area (Å²) in [5.74, 6) is 0.866. The highest BCUT2D eigenvalue weighted by molar-refractivity contribution is 9.10. The average Bonchev–Trinajstić information content (AvgIpc) is 2.40. The lowest BCUT2D eigenvalue weighted by Gasteiger charge is -2.15. The van der Waals surface area contributed by atoms with Crippen molar-refractivity contribution in [3.63, 3.8) is 0 Å². The second-order valence-electron chi connectivity index (χ2n) is 4.41. The SMILES string of the molecule is CCOc1ccc(C(N)Cc2ccccc2)c(Br)c1. The lowest BCUT2D eigenvalue weighted by atomic mass is 10.00. The topological polar surface area (TPSA) is 35.2 Å². The first-order chi connectivity index (χ1) is 9.20. The highest BCUT2D eigenvalue weighted by Crippen LogP contribution is 2.28. The summed E-state index contributed by atoms with van der Waals surface area (Å²) in [6.07, 6.45) is 0.827. The third-order valence-electron chi connectivity index (χ3n) is 2.98. The fourth-order valence-corrected chi connectivity index (χ4v) is 2.69. The van der Waals surface area contributed by atoms with Gasteiger partial charge in [0.1, 0.15) is 5.75 Å². The van der Waals surface area contributed by atoms with Gasteiger partial charge in [0, 0.05) is 10.5 Å². The smallest absolute Gasteiger partial charge is 0.120 e. The van der Waals surface area contributed by atoms with Crippen molar-refractivity contribution in [1.82, 2.24) is 0 Å².